The van der Waals surface area contributed by atoms with E-state index in [2.05, 4.69) is 30.0 Å². The quantitative estimate of drug-likeness (QED) is 0.619. The fourth-order valence-corrected chi connectivity index (χ4v) is 8.70. The van der Waals surface area contributed by atoms with Gasteiger partial charge in [-0.25, -0.2) is 0 Å². The van der Waals surface area contributed by atoms with Gasteiger partial charge in [0.25, 0.3) is 0 Å². The standard InChI is InChI=1S/C14H22Si2/c1-2-6-10-14(11-7-3-1)16-13-9-5-4-8-12-15-16/h2,6,8,10,12,15H,1,3-5,7,9,11,13H2/b6-2-,12-8-,14-10-,16-15+. The van der Waals surface area contributed by atoms with Crippen molar-refractivity contribution < 1.29 is 0 Å². The van der Waals surface area contributed by atoms with Gasteiger partial charge in [-0.3, -0.25) is 0 Å². The van der Waals surface area contributed by atoms with Crippen molar-refractivity contribution in [3.63, 3.8) is 0 Å². The van der Waals surface area contributed by atoms with Crippen LogP contribution in [0.15, 0.2) is 35.2 Å². The van der Waals surface area contributed by atoms with Crippen LogP contribution in [0.3, 0.4) is 0 Å². The second-order valence-electron chi connectivity index (χ2n) is 4.73. The summed E-state index contributed by atoms with van der Waals surface area (Å²) in [6, 6.07) is 1.55. The predicted octanol–water partition coefficient (Wildman–Crippen LogP) is 3.71. The lowest BCUT2D eigenvalue weighted by Gasteiger charge is -2.13. The molecule has 0 fully saturated rings. The minimum atomic E-state index is -0.140. The van der Waals surface area contributed by atoms with E-state index in [9.17, 15) is 0 Å². The van der Waals surface area contributed by atoms with Gasteiger partial charge in [0.15, 0.2) is 0 Å². The first-order valence-corrected chi connectivity index (χ1v) is 10.9. The van der Waals surface area contributed by atoms with Crippen molar-refractivity contribution >= 4 is 16.5 Å². The van der Waals surface area contributed by atoms with E-state index >= 15 is 0 Å². The minimum Gasteiger partial charge on any atom is -0.0894 e. The van der Waals surface area contributed by atoms with Crippen molar-refractivity contribution in [2.75, 3.05) is 0 Å². The third-order valence-electron chi connectivity index (χ3n) is 3.41. The highest BCUT2D eigenvalue weighted by Gasteiger charge is 2.07. The van der Waals surface area contributed by atoms with Crippen molar-refractivity contribution in [1.29, 1.82) is 0 Å². The Bertz CT molecular complexity index is 301. The van der Waals surface area contributed by atoms with Gasteiger partial charge in [-0.2, -0.15) is 0 Å². The molecule has 0 unspecified atom stereocenters. The Labute approximate surface area is 103 Å². The Hall–Kier alpha value is -0.346. The maximum atomic E-state index is 2.54. The first kappa shape index (κ1) is 12.1. The predicted molar refractivity (Wildman–Crippen MR) is 76.4 cm³/mol. The molecule has 0 aromatic carbocycles. The summed E-state index contributed by atoms with van der Waals surface area (Å²) in [7, 11) is 0.479. The zero-order valence-corrected chi connectivity index (χ0v) is 12.3. The summed E-state index contributed by atoms with van der Waals surface area (Å²) in [6.07, 6.45) is 19.3. The summed E-state index contributed by atoms with van der Waals surface area (Å²) in [4.78, 5) is 0. The van der Waals surface area contributed by atoms with Crippen molar-refractivity contribution in [1.82, 2.24) is 0 Å². The molecule has 0 N–H and O–H groups in total. The lowest BCUT2D eigenvalue weighted by atomic mass is 10.1. The summed E-state index contributed by atoms with van der Waals surface area (Å²) in [6.45, 7) is 0. The summed E-state index contributed by atoms with van der Waals surface area (Å²) >= 11 is 0. The largest absolute Gasteiger partial charge is 0.0894 e. The molecule has 0 saturated carbocycles. The molecule has 0 radical (unpaired) electrons. The molecule has 0 amide bonds. The second-order valence-corrected chi connectivity index (χ2v) is 10.7. The van der Waals surface area contributed by atoms with Crippen molar-refractivity contribution in [2.45, 2.75) is 51.0 Å². The fourth-order valence-electron chi connectivity index (χ4n) is 2.42. The topological polar surface area (TPSA) is 0 Å². The van der Waals surface area contributed by atoms with E-state index in [1.807, 2.05) is 5.20 Å². The van der Waals surface area contributed by atoms with E-state index in [0.29, 0.717) is 8.61 Å². The van der Waals surface area contributed by atoms with Crippen LogP contribution >= 0.6 is 0 Å². The van der Waals surface area contributed by atoms with Gasteiger partial charge in [0, 0.05) is 16.5 Å². The van der Waals surface area contributed by atoms with Gasteiger partial charge >= 0.3 is 0 Å². The van der Waals surface area contributed by atoms with Crippen LogP contribution in [-0.4, -0.2) is 16.5 Å². The van der Waals surface area contributed by atoms with Gasteiger partial charge in [0.2, 0.25) is 0 Å². The third kappa shape index (κ3) is 3.91. The van der Waals surface area contributed by atoms with Crippen LogP contribution in [0.4, 0.5) is 0 Å². The molecule has 1 aliphatic carbocycles. The molecular weight excluding hydrogens is 224 g/mol. The Morgan fingerprint density at radius 1 is 1.00 bits per heavy atom. The van der Waals surface area contributed by atoms with Gasteiger partial charge in [0.1, 0.15) is 0 Å². The van der Waals surface area contributed by atoms with Crippen molar-refractivity contribution in [2.24, 2.45) is 0 Å². The van der Waals surface area contributed by atoms with E-state index in [1.165, 1.54) is 44.9 Å². The molecule has 1 aliphatic heterocycles. The SMILES string of the molecule is C1=C\CCCCC(/[Si]2=[SiH]/C=C\CCCC2)=C/1. The Morgan fingerprint density at radius 2 is 1.88 bits per heavy atom. The van der Waals surface area contributed by atoms with E-state index in [0.717, 1.165) is 0 Å². The molecule has 86 valence electrons. The van der Waals surface area contributed by atoms with Gasteiger partial charge < -0.3 is 0 Å². The fraction of sp³-hybridized carbons (Fsp3) is 0.571. The third-order valence-corrected chi connectivity index (χ3v) is 10.2. The van der Waals surface area contributed by atoms with Crippen molar-refractivity contribution in [3.05, 3.63) is 35.2 Å². The first-order chi connectivity index (χ1) is 7.97. The summed E-state index contributed by atoms with van der Waals surface area (Å²) in [5.41, 5.74) is 2.54. The number of hydrogen-bond donors (Lipinski definition) is 0. The Kier molecular flexibility index (Phi) is 5.36. The van der Waals surface area contributed by atoms with Crippen LogP contribution in [0.5, 0.6) is 0 Å². The molecule has 0 atom stereocenters. The molecule has 0 aromatic heterocycles. The molecular formula is C14H22Si2. The van der Waals surface area contributed by atoms with E-state index < -0.39 is 0 Å². The molecule has 16 heavy (non-hydrogen) atoms. The van der Waals surface area contributed by atoms with E-state index in [4.69, 9.17) is 0 Å². The van der Waals surface area contributed by atoms with Gasteiger partial charge in [0.05, 0.1) is 0 Å². The lowest BCUT2D eigenvalue weighted by molar-refractivity contribution is 0.749. The molecule has 2 aliphatic rings. The van der Waals surface area contributed by atoms with Gasteiger partial charge in [-0.1, -0.05) is 41.6 Å². The molecule has 0 bridgehead atoms. The van der Waals surface area contributed by atoms with Crippen LogP contribution < -0.4 is 0 Å². The molecule has 0 spiro atoms. The highest BCUT2D eigenvalue weighted by Crippen LogP contribution is 2.17. The number of rotatable bonds is 1. The zero-order chi connectivity index (χ0) is 11.1. The Morgan fingerprint density at radius 3 is 2.88 bits per heavy atom. The van der Waals surface area contributed by atoms with Crippen LogP contribution in [0.25, 0.3) is 0 Å². The maximum Gasteiger partial charge on any atom is 0.0200 e. The second kappa shape index (κ2) is 7.07. The molecule has 2 rings (SSSR count). The highest BCUT2D eigenvalue weighted by atomic mass is 28.9. The van der Waals surface area contributed by atoms with Crippen LogP contribution in [-0.2, 0) is 0 Å². The molecule has 0 aromatic rings. The average molecular weight is 247 g/mol. The van der Waals surface area contributed by atoms with Crippen LogP contribution in [0.2, 0.25) is 6.04 Å². The maximum absolute atomic E-state index is 2.54. The zero-order valence-electron chi connectivity index (χ0n) is 10.1. The van der Waals surface area contributed by atoms with E-state index in [1.54, 1.807) is 6.04 Å². The van der Waals surface area contributed by atoms with Crippen LogP contribution in [0, 0.1) is 0 Å². The van der Waals surface area contributed by atoms with Gasteiger partial charge in [-0.15, -0.1) is 0 Å². The average Bonchev–Trinajstić information content (AvgIpc) is 2.18. The highest BCUT2D eigenvalue weighted by molar-refractivity contribution is 6.92. The lowest BCUT2D eigenvalue weighted by Crippen LogP contribution is -2.11. The molecule has 0 nitrogen and oxygen atoms in total. The van der Waals surface area contributed by atoms with Gasteiger partial charge in [-0.05, 0) is 44.6 Å². The monoisotopic (exact) mass is 246 g/mol. The molecule has 1 heterocycles. The molecule has 0 saturated heterocycles. The molecule has 2 heteroatoms. The van der Waals surface area contributed by atoms with E-state index in [-0.39, 0.29) is 7.89 Å². The summed E-state index contributed by atoms with van der Waals surface area (Å²) in [5.74, 6) is 0. The smallest absolute Gasteiger partial charge is 0.0200 e. The summed E-state index contributed by atoms with van der Waals surface area (Å²) in [5, 5.41) is 1.85. The normalized spacial score (nSPS) is 33.0. The minimum absolute atomic E-state index is 0.140. The first-order valence-electron chi connectivity index (χ1n) is 6.68. The Balaban J connectivity index is 2.13. The number of hydrogen-bond acceptors (Lipinski definition) is 0. The number of allylic oxidation sites excluding steroid dienone is 5. The summed E-state index contributed by atoms with van der Waals surface area (Å²) < 4.78 is 0. The van der Waals surface area contributed by atoms with Crippen molar-refractivity contribution in [3.8, 4) is 0 Å². The van der Waals surface area contributed by atoms with Crippen LogP contribution in [0.1, 0.15) is 44.9 Å².